The molecule has 4 nitrogen and oxygen atoms in total. The van der Waals surface area contributed by atoms with E-state index in [9.17, 15) is 10.1 Å². The summed E-state index contributed by atoms with van der Waals surface area (Å²) in [6.07, 6.45) is 3.45. The molecule has 2 fully saturated rings. The summed E-state index contributed by atoms with van der Waals surface area (Å²) in [6.45, 7) is 4.15. The van der Waals surface area contributed by atoms with E-state index in [1.807, 2.05) is 0 Å². The van der Waals surface area contributed by atoms with Crippen LogP contribution in [-0.2, 0) is 4.79 Å². The normalized spacial score (nSPS) is 34.8. The van der Waals surface area contributed by atoms with Gasteiger partial charge in [-0.25, -0.2) is 0 Å². The fourth-order valence-corrected chi connectivity index (χ4v) is 2.93. The Labute approximate surface area is 103 Å². The SMILES string of the molecule is CC1CC(C#N)(C(=O)NC2CCN(C)CC2)C1. The van der Waals surface area contributed by atoms with Crippen LogP contribution in [0.3, 0.4) is 0 Å². The Morgan fingerprint density at radius 3 is 2.47 bits per heavy atom. The monoisotopic (exact) mass is 235 g/mol. The van der Waals surface area contributed by atoms with Crippen molar-refractivity contribution in [3.05, 3.63) is 0 Å². The molecule has 2 rings (SSSR count). The standard InChI is InChI=1S/C13H21N3O/c1-10-7-13(8-10,9-14)12(17)15-11-3-5-16(2)6-4-11/h10-11H,3-8H2,1-2H3,(H,15,17). The quantitative estimate of drug-likeness (QED) is 0.780. The molecule has 1 heterocycles. The zero-order valence-corrected chi connectivity index (χ0v) is 10.7. The van der Waals surface area contributed by atoms with E-state index in [0.29, 0.717) is 5.92 Å². The highest BCUT2D eigenvalue weighted by Gasteiger charge is 2.49. The van der Waals surface area contributed by atoms with E-state index in [-0.39, 0.29) is 11.9 Å². The molecule has 0 unspecified atom stereocenters. The Bertz CT molecular complexity index is 333. The van der Waals surface area contributed by atoms with Crippen molar-refractivity contribution in [2.24, 2.45) is 11.3 Å². The third kappa shape index (κ3) is 2.44. The van der Waals surface area contributed by atoms with Crippen LogP contribution in [0.5, 0.6) is 0 Å². The number of hydrogen-bond donors (Lipinski definition) is 1. The number of carbonyl (C=O) groups is 1. The minimum Gasteiger partial charge on any atom is -0.352 e. The van der Waals surface area contributed by atoms with Crippen LogP contribution in [0.4, 0.5) is 0 Å². The Balaban J connectivity index is 1.87. The molecule has 1 saturated carbocycles. The van der Waals surface area contributed by atoms with Crippen LogP contribution >= 0.6 is 0 Å². The van der Waals surface area contributed by atoms with Gasteiger partial charge in [0.25, 0.3) is 0 Å². The van der Waals surface area contributed by atoms with Crippen LogP contribution in [-0.4, -0.2) is 37.0 Å². The van der Waals surface area contributed by atoms with Crippen molar-refractivity contribution in [1.29, 1.82) is 5.26 Å². The molecule has 1 N–H and O–H groups in total. The second-order valence-electron chi connectivity index (χ2n) is 5.76. The Morgan fingerprint density at radius 1 is 1.41 bits per heavy atom. The van der Waals surface area contributed by atoms with Crippen LogP contribution in [0.2, 0.25) is 0 Å². The van der Waals surface area contributed by atoms with E-state index in [1.54, 1.807) is 0 Å². The molecule has 2 aliphatic rings. The van der Waals surface area contributed by atoms with Gasteiger partial charge in [-0.2, -0.15) is 5.26 Å². The number of nitriles is 1. The molecule has 4 heteroatoms. The van der Waals surface area contributed by atoms with Crippen LogP contribution in [0.15, 0.2) is 0 Å². The first-order chi connectivity index (χ1) is 8.05. The number of nitrogens with zero attached hydrogens (tertiary/aromatic N) is 2. The van der Waals surface area contributed by atoms with Crippen molar-refractivity contribution in [2.45, 2.75) is 38.6 Å². The first-order valence-corrected chi connectivity index (χ1v) is 6.46. The zero-order chi connectivity index (χ0) is 12.5. The molecule has 0 atom stereocenters. The van der Waals surface area contributed by atoms with Gasteiger partial charge in [0, 0.05) is 6.04 Å². The molecule has 0 aromatic rings. The summed E-state index contributed by atoms with van der Waals surface area (Å²) in [4.78, 5) is 14.4. The third-order valence-electron chi connectivity index (χ3n) is 4.10. The highest BCUT2D eigenvalue weighted by atomic mass is 16.2. The summed E-state index contributed by atoms with van der Waals surface area (Å²) in [5.41, 5.74) is -0.719. The fourth-order valence-electron chi connectivity index (χ4n) is 2.93. The number of rotatable bonds is 2. The molecule has 17 heavy (non-hydrogen) atoms. The summed E-state index contributed by atoms with van der Waals surface area (Å²) >= 11 is 0. The molecule has 0 radical (unpaired) electrons. The lowest BCUT2D eigenvalue weighted by molar-refractivity contribution is -0.135. The van der Waals surface area contributed by atoms with E-state index in [4.69, 9.17) is 0 Å². The van der Waals surface area contributed by atoms with Gasteiger partial charge in [0.1, 0.15) is 5.41 Å². The van der Waals surface area contributed by atoms with Gasteiger partial charge in [-0.3, -0.25) is 4.79 Å². The lowest BCUT2D eigenvalue weighted by Crippen LogP contribution is -2.52. The number of amides is 1. The van der Waals surface area contributed by atoms with Gasteiger partial charge in [0.05, 0.1) is 6.07 Å². The smallest absolute Gasteiger partial charge is 0.240 e. The molecule has 1 aliphatic carbocycles. The van der Waals surface area contributed by atoms with Gasteiger partial charge < -0.3 is 10.2 Å². The summed E-state index contributed by atoms with van der Waals surface area (Å²) < 4.78 is 0. The first kappa shape index (κ1) is 12.4. The van der Waals surface area contributed by atoms with Crippen molar-refractivity contribution in [3.63, 3.8) is 0 Å². The second kappa shape index (κ2) is 4.66. The third-order valence-corrected chi connectivity index (χ3v) is 4.10. The minimum atomic E-state index is -0.719. The van der Waals surface area contributed by atoms with Gasteiger partial charge in [-0.05, 0) is 51.7 Å². The summed E-state index contributed by atoms with van der Waals surface area (Å²) in [5.74, 6) is 0.477. The lowest BCUT2D eigenvalue weighted by Gasteiger charge is -2.40. The summed E-state index contributed by atoms with van der Waals surface area (Å²) in [6, 6.07) is 2.48. The Morgan fingerprint density at radius 2 is 2.00 bits per heavy atom. The van der Waals surface area contributed by atoms with Gasteiger partial charge in [0.15, 0.2) is 0 Å². The van der Waals surface area contributed by atoms with E-state index >= 15 is 0 Å². The summed E-state index contributed by atoms with van der Waals surface area (Å²) in [7, 11) is 2.10. The van der Waals surface area contributed by atoms with Crippen molar-refractivity contribution >= 4 is 5.91 Å². The van der Waals surface area contributed by atoms with E-state index in [2.05, 4.69) is 30.3 Å². The molecule has 1 saturated heterocycles. The average Bonchev–Trinajstić information content (AvgIpc) is 2.27. The van der Waals surface area contributed by atoms with Crippen LogP contribution in [0.1, 0.15) is 32.6 Å². The number of nitrogens with one attached hydrogen (secondary N) is 1. The van der Waals surface area contributed by atoms with Gasteiger partial charge >= 0.3 is 0 Å². The predicted molar refractivity (Wildman–Crippen MR) is 65.1 cm³/mol. The van der Waals surface area contributed by atoms with Crippen molar-refractivity contribution in [1.82, 2.24) is 10.2 Å². The minimum absolute atomic E-state index is 0.0346. The van der Waals surface area contributed by atoms with E-state index in [1.165, 1.54) is 0 Å². The predicted octanol–water partition coefficient (Wildman–Crippen LogP) is 1.14. The van der Waals surface area contributed by atoms with Gasteiger partial charge in [-0.15, -0.1) is 0 Å². The molecule has 0 bridgehead atoms. The Hall–Kier alpha value is -1.08. The highest BCUT2D eigenvalue weighted by molar-refractivity contribution is 5.86. The average molecular weight is 235 g/mol. The van der Waals surface area contributed by atoms with Crippen LogP contribution in [0, 0.1) is 22.7 Å². The van der Waals surface area contributed by atoms with E-state index in [0.717, 1.165) is 38.8 Å². The molecular weight excluding hydrogens is 214 g/mol. The van der Waals surface area contributed by atoms with Crippen LogP contribution < -0.4 is 5.32 Å². The molecular formula is C13H21N3O. The maximum Gasteiger partial charge on any atom is 0.240 e. The van der Waals surface area contributed by atoms with Gasteiger partial charge in [-0.1, -0.05) is 6.92 Å². The summed E-state index contributed by atoms with van der Waals surface area (Å²) in [5, 5.41) is 12.2. The zero-order valence-electron chi connectivity index (χ0n) is 10.7. The van der Waals surface area contributed by atoms with Gasteiger partial charge in [0.2, 0.25) is 5.91 Å². The highest BCUT2D eigenvalue weighted by Crippen LogP contribution is 2.45. The molecule has 1 aliphatic heterocycles. The van der Waals surface area contributed by atoms with Crippen LogP contribution in [0.25, 0.3) is 0 Å². The lowest BCUT2D eigenvalue weighted by atomic mass is 9.63. The van der Waals surface area contributed by atoms with Crippen molar-refractivity contribution < 1.29 is 4.79 Å². The fraction of sp³-hybridized carbons (Fsp3) is 0.846. The van der Waals surface area contributed by atoms with Crippen molar-refractivity contribution in [2.75, 3.05) is 20.1 Å². The molecule has 1 amide bonds. The number of hydrogen-bond acceptors (Lipinski definition) is 3. The van der Waals surface area contributed by atoms with Crippen molar-refractivity contribution in [3.8, 4) is 6.07 Å². The maximum absolute atomic E-state index is 12.1. The molecule has 0 spiro atoms. The largest absolute Gasteiger partial charge is 0.352 e. The number of piperidine rings is 1. The topological polar surface area (TPSA) is 56.1 Å². The second-order valence-corrected chi connectivity index (χ2v) is 5.76. The molecule has 0 aromatic heterocycles. The van der Waals surface area contributed by atoms with E-state index < -0.39 is 5.41 Å². The number of likely N-dealkylation sites (tertiary alicyclic amines) is 1. The molecule has 94 valence electrons. The Kier molecular flexibility index (Phi) is 3.39. The first-order valence-electron chi connectivity index (χ1n) is 6.46. The molecule has 0 aromatic carbocycles. The number of carbonyl (C=O) groups excluding carboxylic acids is 1. The maximum atomic E-state index is 12.1.